The number of aromatic amines is 1. The van der Waals surface area contributed by atoms with Crippen LogP contribution in [0.15, 0.2) is 56.8 Å². The lowest BCUT2D eigenvalue weighted by atomic mass is 10.1. The highest BCUT2D eigenvalue weighted by Crippen LogP contribution is 2.30. The average molecular weight is 416 g/mol. The number of fused-ring (bicyclic) bond motifs is 1. The van der Waals surface area contributed by atoms with Crippen LogP contribution in [0.4, 0.5) is 4.39 Å². The van der Waals surface area contributed by atoms with Crippen molar-refractivity contribution < 1.29 is 8.81 Å². The van der Waals surface area contributed by atoms with E-state index in [1.165, 1.54) is 23.9 Å². The number of hydrogen-bond acceptors (Lipinski definition) is 5. The molecule has 0 unspecified atom stereocenters. The maximum atomic E-state index is 13.9. The SMILES string of the molecule is CCc1cc2oc(=O)cc(CSc3n[nH]c(-c4ccccc4F)n3)c2cc1Cl. The quantitative estimate of drug-likeness (QED) is 0.357. The van der Waals surface area contributed by atoms with Gasteiger partial charge in [0.15, 0.2) is 5.82 Å². The zero-order valence-electron chi connectivity index (χ0n) is 14.8. The van der Waals surface area contributed by atoms with Crippen molar-refractivity contribution in [3.8, 4) is 11.4 Å². The van der Waals surface area contributed by atoms with Gasteiger partial charge in [-0.1, -0.05) is 42.4 Å². The number of aromatic nitrogens is 3. The van der Waals surface area contributed by atoms with E-state index >= 15 is 0 Å². The van der Waals surface area contributed by atoms with E-state index in [1.807, 2.05) is 13.0 Å². The molecule has 2 aromatic carbocycles. The predicted octanol–water partition coefficient (Wildman–Crippen LogP) is 5.23. The highest BCUT2D eigenvalue weighted by atomic mass is 35.5. The van der Waals surface area contributed by atoms with Crippen LogP contribution >= 0.6 is 23.4 Å². The molecule has 0 bridgehead atoms. The summed E-state index contributed by atoms with van der Waals surface area (Å²) in [7, 11) is 0. The van der Waals surface area contributed by atoms with Crippen molar-refractivity contribution >= 4 is 34.3 Å². The molecule has 1 N–H and O–H groups in total. The minimum Gasteiger partial charge on any atom is -0.423 e. The van der Waals surface area contributed by atoms with E-state index in [1.54, 1.807) is 24.3 Å². The van der Waals surface area contributed by atoms with Gasteiger partial charge in [0.25, 0.3) is 0 Å². The number of benzene rings is 2. The van der Waals surface area contributed by atoms with Crippen molar-refractivity contribution in [2.75, 3.05) is 0 Å². The summed E-state index contributed by atoms with van der Waals surface area (Å²) in [6.07, 6.45) is 0.744. The van der Waals surface area contributed by atoms with Crippen LogP contribution in [0.5, 0.6) is 0 Å². The summed E-state index contributed by atoms with van der Waals surface area (Å²) >= 11 is 7.66. The average Bonchev–Trinajstić information content (AvgIpc) is 3.15. The molecule has 0 amide bonds. The Morgan fingerprint density at radius 3 is 2.82 bits per heavy atom. The van der Waals surface area contributed by atoms with E-state index in [4.69, 9.17) is 16.0 Å². The van der Waals surface area contributed by atoms with E-state index in [0.29, 0.717) is 32.9 Å². The van der Waals surface area contributed by atoms with Crippen LogP contribution in [0.25, 0.3) is 22.4 Å². The molecule has 0 aliphatic rings. The number of aryl methyl sites for hydroxylation is 1. The summed E-state index contributed by atoms with van der Waals surface area (Å²) in [6.45, 7) is 1.99. The van der Waals surface area contributed by atoms with Crippen LogP contribution in [0, 0.1) is 5.82 Å². The number of thioether (sulfide) groups is 1. The second-order valence-electron chi connectivity index (χ2n) is 6.12. The zero-order valence-corrected chi connectivity index (χ0v) is 16.4. The molecule has 2 aromatic heterocycles. The number of halogens is 2. The molecule has 4 aromatic rings. The van der Waals surface area contributed by atoms with Crippen molar-refractivity contribution in [3.63, 3.8) is 0 Å². The Bertz CT molecular complexity index is 1220. The first-order valence-corrected chi connectivity index (χ1v) is 9.96. The first-order chi connectivity index (χ1) is 13.5. The van der Waals surface area contributed by atoms with Crippen molar-refractivity contribution in [3.05, 3.63) is 74.9 Å². The van der Waals surface area contributed by atoms with Gasteiger partial charge < -0.3 is 4.42 Å². The van der Waals surface area contributed by atoms with Gasteiger partial charge in [-0.15, -0.1) is 5.10 Å². The summed E-state index contributed by atoms with van der Waals surface area (Å²) in [5, 5.41) is 8.74. The van der Waals surface area contributed by atoms with Crippen molar-refractivity contribution in [1.82, 2.24) is 15.2 Å². The molecule has 0 saturated carbocycles. The molecular weight excluding hydrogens is 401 g/mol. The van der Waals surface area contributed by atoms with Gasteiger partial charge >= 0.3 is 5.63 Å². The van der Waals surface area contributed by atoms with Crippen molar-refractivity contribution in [1.29, 1.82) is 0 Å². The Kier molecular flexibility index (Phi) is 5.19. The predicted molar refractivity (Wildman–Crippen MR) is 108 cm³/mol. The highest BCUT2D eigenvalue weighted by molar-refractivity contribution is 7.98. The van der Waals surface area contributed by atoms with Gasteiger partial charge in [0.1, 0.15) is 11.4 Å². The highest BCUT2D eigenvalue weighted by Gasteiger charge is 2.13. The van der Waals surface area contributed by atoms with Gasteiger partial charge in [-0.05, 0) is 41.8 Å². The Morgan fingerprint density at radius 1 is 1.21 bits per heavy atom. The second kappa shape index (κ2) is 7.77. The Hall–Kier alpha value is -2.64. The molecule has 0 radical (unpaired) electrons. The van der Waals surface area contributed by atoms with Crippen molar-refractivity contribution in [2.45, 2.75) is 24.3 Å². The third kappa shape index (κ3) is 3.68. The summed E-state index contributed by atoms with van der Waals surface area (Å²) < 4.78 is 19.2. The zero-order chi connectivity index (χ0) is 19.7. The van der Waals surface area contributed by atoms with Crippen LogP contribution in [-0.2, 0) is 12.2 Å². The first-order valence-electron chi connectivity index (χ1n) is 8.60. The summed E-state index contributed by atoms with van der Waals surface area (Å²) in [5.41, 5.74) is 2.14. The van der Waals surface area contributed by atoms with E-state index in [9.17, 15) is 9.18 Å². The van der Waals surface area contributed by atoms with Crippen LogP contribution in [-0.4, -0.2) is 15.2 Å². The van der Waals surface area contributed by atoms with Crippen LogP contribution in [0.1, 0.15) is 18.1 Å². The standard InChI is InChI=1S/C20H15ClFN3O2S/c1-2-11-7-17-14(9-15(11)21)12(8-18(26)27-17)10-28-20-23-19(24-25-20)13-5-3-4-6-16(13)22/h3-9H,2,10H2,1H3,(H,23,24,25). The normalized spacial score (nSPS) is 11.2. The molecule has 0 aliphatic carbocycles. The lowest BCUT2D eigenvalue weighted by Crippen LogP contribution is -2.00. The Labute approximate surface area is 168 Å². The molecule has 0 spiro atoms. The third-order valence-electron chi connectivity index (χ3n) is 4.33. The molecule has 4 rings (SSSR count). The third-order valence-corrected chi connectivity index (χ3v) is 5.58. The maximum Gasteiger partial charge on any atom is 0.336 e. The molecule has 5 nitrogen and oxygen atoms in total. The molecular formula is C20H15ClFN3O2S. The summed E-state index contributed by atoms with van der Waals surface area (Å²) in [6, 6.07) is 11.4. The number of hydrogen-bond donors (Lipinski definition) is 1. The molecule has 0 saturated heterocycles. The number of nitrogens with zero attached hydrogens (tertiary/aromatic N) is 2. The van der Waals surface area contributed by atoms with Gasteiger partial charge in [0.05, 0.1) is 5.56 Å². The monoisotopic (exact) mass is 415 g/mol. The molecule has 0 atom stereocenters. The molecule has 0 aliphatic heterocycles. The van der Waals surface area contributed by atoms with Crippen molar-refractivity contribution in [2.24, 2.45) is 0 Å². The molecule has 2 heterocycles. The molecule has 28 heavy (non-hydrogen) atoms. The minimum atomic E-state index is -0.422. The lowest BCUT2D eigenvalue weighted by molar-refractivity contribution is 0.559. The van der Waals surface area contributed by atoms with Gasteiger partial charge in [0.2, 0.25) is 5.16 Å². The first kappa shape index (κ1) is 18.7. The van der Waals surface area contributed by atoms with E-state index in [2.05, 4.69) is 15.2 Å². The number of rotatable bonds is 5. The number of nitrogens with one attached hydrogen (secondary N) is 1. The topological polar surface area (TPSA) is 71.8 Å². The fourth-order valence-electron chi connectivity index (χ4n) is 2.91. The Balaban J connectivity index is 1.62. The molecule has 0 fully saturated rings. The summed E-state index contributed by atoms with van der Waals surface area (Å²) in [4.78, 5) is 16.3. The largest absolute Gasteiger partial charge is 0.423 e. The number of H-pyrrole nitrogens is 1. The van der Waals surface area contributed by atoms with Crippen LogP contribution in [0.3, 0.4) is 0 Å². The van der Waals surface area contributed by atoms with Gasteiger partial charge in [0, 0.05) is 22.2 Å². The second-order valence-corrected chi connectivity index (χ2v) is 7.47. The molecule has 142 valence electrons. The van der Waals surface area contributed by atoms with Crippen LogP contribution in [0.2, 0.25) is 5.02 Å². The summed E-state index contributed by atoms with van der Waals surface area (Å²) in [5.74, 6) is 0.426. The van der Waals surface area contributed by atoms with E-state index in [-0.39, 0.29) is 5.82 Å². The molecule has 8 heteroatoms. The van der Waals surface area contributed by atoms with E-state index in [0.717, 1.165) is 22.9 Å². The maximum absolute atomic E-state index is 13.9. The van der Waals surface area contributed by atoms with Gasteiger partial charge in [-0.2, -0.15) is 0 Å². The van der Waals surface area contributed by atoms with Crippen LogP contribution < -0.4 is 5.63 Å². The Morgan fingerprint density at radius 2 is 2.04 bits per heavy atom. The van der Waals surface area contributed by atoms with Gasteiger partial charge in [-0.3, -0.25) is 5.10 Å². The minimum absolute atomic E-state index is 0.353. The fourth-order valence-corrected chi connectivity index (χ4v) is 3.99. The van der Waals surface area contributed by atoms with E-state index < -0.39 is 5.63 Å². The lowest BCUT2D eigenvalue weighted by Gasteiger charge is -2.07. The smallest absolute Gasteiger partial charge is 0.336 e. The van der Waals surface area contributed by atoms with Gasteiger partial charge in [-0.25, -0.2) is 14.2 Å². The fraction of sp³-hybridized carbons (Fsp3) is 0.150.